The molecular weight excluding hydrogens is 338 g/mol. The minimum Gasteiger partial charge on any atom is -0.200 e. The molecule has 3 aromatic carbocycles. The van der Waals surface area contributed by atoms with Gasteiger partial charge in [-0.3, -0.25) is 0 Å². The van der Waals surface area contributed by atoms with E-state index in [1.165, 1.54) is 50.2 Å². The van der Waals surface area contributed by atoms with Crippen molar-refractivity contribution in [3.8, 4) is 33.5 Å². The molecule has 1 heteroatoms. The second kappa shape index (κ2) is 7.44. The first kappa shape index (κ1) is 18.2. The summed E-state index contributed by atoms with van der Waals surface area (Å²) in [6, 6.07) is 28.3. The summed E-state index contributed by atoms with van der Waals surface area (Å²) in [5, 5.41) is 0. The Morgan fingerprint density at radius 1 is 0.571 bits per heavy atom. The smallest absolute Gasteiger partial charge is 0.200 e. The number of pyridine rings is 1. The van der Waals surface area contributed by atoms with Crippen LogP contribution >= 0.6 is 0 Å². The molecule has 0 N–H and O–H groups in total. The van der Waals surface area contributed by atoms with Crippen LogP contribution in [0.1, 0.15) is 16.7 Å². The Labute approximate surface area is 167 Å². The highest BCUT2D eigenvalue weighted by molar-refractivity contribution is 5.85. The Kier molecular flexibility index (Phi) is 4.83. The Morgan fingerprint density at radius 2 is 1.18 bits per heavy atom. The summed E-state index contributed by atoms with van der Waals surface area (Å²) < 4.78 is 2.24. The van der Waals surface area contributed by atoms with Crippen LogP contribution in [0.2, 0.25) is 0 Å². The van der Waals surface area contributed by atoms with Gasteiger partial charge in [0, 0.05) is 11.6 Å². The highest BCUT2D eigenvalue weighted by Crippen LogP contribution is 2.37. The lowest BCUT2D eigenvalue weighted by Gasteiger charge is -2.16. The molecule has 0 fully saturated rings. The van der Waals surface area contributed by atoms with Crippen LogP contribution in [0.25, 0.3) is 33.5 Å². The van der Waals surface area contributed by atoms with Gasteiger partial charge in [-0.1, -0.05) is 60.7 Å². The summed E-state index contributed by atoms with van der Waals surface area (Å²) in [5.74, 6) is 0. The zero-order valence-corrected chi connectivity index (χ0v) is 17.0. The van der Waals surface area contributed by atoms with Crippen LogP contribution in [-0.2, 0) is 7.05 Å². The fourth-order valence-corrected chi connectivity index (χ4v) is 4.17. The number of hydrogen-bond donors (Lipinski definition) is 0. The van der Waals surface area contributed by atoms with Gasteiger partial charge in [-0.25, -0.2) is 4.57 Å². The average Bonchev–Trinajstić information content (AvgIpc) is 2.69. The van der Waals surface area contributed by atoms with Crippen LogP contribution < -0.4 is 4.57 Å². The summed E-state index contributed by atoms with van der Waals surface area (Å²) in [6.07, 6.45) is 2.13. The zero-order valence-electron chi connectivity index (χ0n) is 17.0. The molecule has 0 amide bonds. The lowest BCUT2D eigenvalue weighted by atomic mass is 9.88. The van der Waals surface area contributed by atoms with Gasteiger partial charge in [-0.2, -0.15) is 0 Å². The van der Waals surface area contributed by atoms with Crippen LogP contribution in [0, 0.1) is 20.8 Å². The normalized spacial score (nSPS) is 10.9. The first-order valence-corrected chi connectivity index (χ1v) is 9.78. The molecule has 0 bridgehead atoms. The summed E-state index contributed by atoms with van der Waals surface area (Å²) in [6.45, 7) is 6.64. The van der Waals surface area contributed by atoms with E-state index >= 15 is 0 Å². The lowest BCUT2D eigenvalue weighted by molar-refractivity contribution is -0.660. The predicted molar refractivity (Wildman–Crippen MR) is 118 cm³/mol. The van der Waals surface area contributed by atoms with E-state index in [0.717, 1.165) is 0 Å². The van der Waals surface area contributed by atoms with E-state index in [1.807, 2.05) is 0 Å². The number of aromatic nitrogens is 1. The maximum absolute atomic E-state index is 2.31. The molecule has 0 saturated carbocycles. The van der Waals surface area contributed by atoms with Crippen LogP contribution in [0.3, 0.4) is 0 Å². The van der Waals surface area contributed by atoms with Crippen LogP contribution in [0.5, 0.6) is 0 Å². The molecule has 0 radical (unpaired) electrons. The van der Waals surface area contributed by atoms with Crippen LogP contribution in [0.15, 0.2) is 85.1 Å². The Hall–Kier alpha value is -3.19. The van der Waals surface area contributed by atoms with Crippen molar-refractivity contribution in [2.75, 3.05) is 0 Å². The van der Waals surface area contributed by atoms with Gasteiger partial charge in [0.2, 0.25) is 5.69 Å². The summed E-state index contributed by atoms with van der Waals surface area (Å²) >= 11 is 0. The Balaban J connectivity index is 1.94. The van der Waals surface area contributed by atoms with E-state index in [0.29, 0.717) is 0 Å². The van der Waals surface area contributed by atoms with E-state index in [-0.39, 0.29) is 0 Å². The van der Waals surface area contributed by atoms with Gasteiger partial charge in [0.25, 0.3) is 0 Å². The van der Waals surface area contributed by atoms with Gasteiger partial charge in [0.05, 0.1) is 5.56 Å². The van der Waals surface area contributed by atoms with Crippen LogP contribution in [0.4, 0.5) is 0 Å². The van der Waals surface area contributed by atoms with Gasteiger partial charge < -0.3 is 0 Å². The molecule has 0 saturated heterocycles. The van der Waals surface area contributed by atoms with Crippen molar-refractivity contribution >= 4 is 0 Å². The fourth-order valence-electron chi connectivity index (χ4n) is 4.17. The molecule has 0 aliphatic carbocycles. The number of hydrogen-bond acceptors (Lipinski definition) is 0. The molecule has 1 nitrogen and oxygen atoms in total. The van der Waals surface area contributed by atoms with Crippen molar-refractivity contribution in [1.29, 1.82) is 0 Å². The van der Waals surface area contributed by atoms with E-state index in [9.17, 15) is 0 Å². The Morgan fingerprint density at radius 3 is 1.86 bits per heavy atom. The Bertz CT molecular complexity index is 1120. The minimum absolute atomic E-state index is 1.26. The molecule has 0 aliphatic heterocycles. The first-order chi connectivity index (χ1) is 13.6. The molecule has 1 aromatic heterocycles. The maximum atomic E-state index is 2.31. The fraction of sp³-hybridized carbons (Fsp3) is 0.148. The molecule has 28 heavy (non-hydrogen) atoms. The van der Waals surface area contributed by atoms with Crippen molar-refractivity contribution in [3.05, 3.63) is 102 Å². The van der Waals surface area contributed by atoms with E-state index in [2.05, 4.69) is 117 Å². The molecular formula is C27H26N+. The largest absolute Gasteiger partial charge is 0.220 e. The van der Waals surface area contributed by atoms with Gasteiger partial charge in [-0.15, -0.1) is 0 Å². The summed E-state index contributed by atoms with van der Waals surface area (Å²) in [5.41, 5.74) is 11.6. The quantitative estimate of drug-likeness (QED) is 0.368. The third kappa shape index (κ3) is 3.25. The molecule has 138 valence electrons. The van der Waals surface area contributed by atoms with E-state index < -0.39 is 0 Å². The summed E-state index contributed by atoms with van der Waals surface area (Å²) in [7, 11) is 2.13. The molecule has 0 spiro atoms. The average molecular weight is 365 g/mol. The third-order valence-corrected chi connectivity index (χ3v) is 5.49. The number of aryl methyl sites for hydroxylation is 4. The first-order valence-electron chi connectivity index (χ1n) is 9.78. The molecule has 0 aliphatic rings. The molecule has 0 unspecified atom stereocenters. The van der Waals surface area contributed by atoms with Crippen molar-refractivity contribution < 1.29 is 4.57 Å². The van der Waals surface area contributed by atoms with Gasteiger partial charge in [0.15, 0.2) is 6.20 Å². The number of nitrogens with zero attached hydrogens (tertiary/aromatic N) is 1. The van der Waals surface area contributed by atoms with Crippen LogP contribution in [-0.4, -0.2) is 0 Å². The van der Waals surface area contributed by atoms with Crippen molar-refractivity contribution in [3.63, 3.8) is 0 Å². The van der Waals surface area contributed by atoms with Crippen molar-refractivity contribution in [2.45, 2.75) is 20.8 Å². The van der Waals surface area contributed by atoms with Gasteiger partial charge in [0.1, 0.15) is 7.05 Å². The van der Waals surface area contributed by atoms with E-state index in [4.69, 9.17) is 0 Å². The molecule has 4 aromatic rings. The van der Waals surface area contributed by atoms with Crippen molar-refractivity contribution in [2.24, 2.45) is 7.05 Å². The van der Waals surface area contributed by atoms with Gasteiger partial charge in [-0.05, 0) is 66.3 Å². The minimum atomic E-state index is 1.26. The summed E-state index contributed by atoms with van der Waals surface area (Å²) in [4.78, 5) is 0. The second-order valence-corrected chi connectivity index (χ2v) is 7.55. The maximum Gasteiger partial charge on any atom is 0.220 e. The molecule has 4 rings (SSSR count). The monoisotopic (exact) mass is 364 g/mol. The third-order valence-electron chi connectivity index (χ3n) is 5.49. The number of benzene rings is 3. The number of rotatable bonds is 3. The second-order valence-electron chi connectivity index (χ2n) is 7.55. The zero-order chi connectivity index (χ0) is 19.7. The SMILES string of the molecule is Cc1ccccc1-c1c(-c2c(C)cc(-c3ccccc3)cc2C)ccc[n+]1C. The van der Waals surface area contributed by atoms with E-state index in [1.54, 1.807) is 0 Å². The van der Waals surface area contributed by atoms with Crippen molar-refractivity contribution in [1.82, 2.24) is 0 Å². The topological polar surface area (TPSA) is 3.88 Å². The predicted octanol–water partition coefficient (Wildman–Crippen LogP) is 6.44. The molecule has 0 atom stereocenters. The molecule has 1 heterocycles. The highest BCUT2D eigenvalue weighted by Gasteiger charge is 2.21. The highest BCUT2D eigenvalue weighted by atomic mass is 14.9. The van der Waals surface area contributed by atoms with Gasteiger partial charge >= 0.3 is 0 Å². The lowest BCUT2D eigenvalue weighted by Crippen LogP contribution is -2.31. The standard InChI is InChI=1S/C27H26N/c1-19-11-8-9-14-24(19)27-25(15-10-16-28(27)4)26-20(2)17-23(18-21(26)3)22-12-6-5-7-13-22/h5-18H,1-4H3/q+1.